The predicted molar refractivity (Wildman–Crippen MR) is 132 cm³/mol. The number of carbonyl (C=O) groups excluding carboxylic acids is 2. The topological polar surface area (TPSA) is 45.6 Å². The summed E-state index contributed by atoms with van der Waals surface area (Å²) < 4.78 is 2.01. The van der Waals surface area contributed by atoms with E-state index < -0.39 is 0 Å². The molecule has 3 rings (SSSR count). The van der Waals surface area contributed by atoms with Gasteiger partial charge in [0.15, 0.2) is 0 Å². The molecule has 2 amide bonds. The van der Waals surface area contributed by atoms with Gasteiger partial charge in [0.1, 0.15) is 6.54 Å². The maximum Gasteiger partial charge on any atom is 0.242 e. The van der Waals surface area contributed by atoms with E-state index in [1.54, 1.807) is 11.0 Å². The highest BCUT2D eigenvalue weighted by atomic mass is 16.2. The van der Waals surface area contributed by atoms with Gasteiger partial charge >= 0.3 is 0 Å². The number of nitrogens with zero attached hydrogens (tertiary/aromatic N) is 3. The van der Waals surface area contributed by atoms with Crippen LogP contribution in [0.25, 0.3) is 0 Å². The van der Waals surface area contributed by atoms with E-state index in [0.717, 1.165) is 16.8 Å². The second kappa shape index (κ2) is 11.9. The number of aromatic nitrogens is 1. The summed E-state index contributed by atoms with van der Waals surface area (Å²) in [5, 5.41) is 0. The molecule has 0 spiro atoms. The number of hydrogen-bond donors (Lipinski definition) is 0. The molecule has 0 aliphatic carbocycles. The zero-order valence-electron chi connectivity index (χ0n) is 19.6. The van der Waals surface area contributed by atoms with Crippen molar-refractivity contribution >= 4 is 11.8 Å². The quantitative estimate of drug-likeness (QED) is 0.401. The number of hydrogen-bond acceptors (Lipinski definition) is 2. The normalized spacial score (nSPS) is 11.6. The Balaban J connectivity index is 1.81. The lowest BCUT2D eigenvalue weighted by molar-refractivity contribution is -0.141. The monoisotopic (exact) mass is 443 g/mol. The summed E-state index contributed by atoms with van der Waals surface area (Å²) in [4.78, 5) is 30.4. The predicted octanol–water partition coefficient (Wildman–Crippen LogP) is 4.76. The number of aryl methyl sites for hydroxylation is 1. The van der Waals surface area contributed by atoms with Crippen LogP contribution in [-0.4, -0.2) is 39.3 Å². The first-order valence-corrected chi connectivity index (χ1v) is 11.4. The van der Waals surface area contributed by atoms with Gasteiger partial charge in [0.05, 0.1) is 12.5 Å². The third-order valence-corrected chi connectivity index (χ3v) is 5.87. The zero-order chi connectivity index (χ0) is 23.6. The number of benzene rings is 2. The summed E-state index contributed by atoms with van der Waals surface area (Å²) in [6.45, 7) is 7.12. The van der Waals surface area contributed by atoms with Gasteiger partial charge in [-0.3, -0.25) is 9.59 Å². The van der Waals surface area contributed by atoms with Gasteiger partial charge in [0, 0.05) is 32.0 Å². The SMILES string of the molecule is C=CCN(CC(=O)N(Cc1ccccc1)Cc1cccn1C)C(=O)C(CC)c1ccccc1. The van der Waals surface area contributed by atoms with E-state index in [1.165, 1.54) is 0 Å². The minimum Gasteiger partial charge on any atom is -0.353 e. The Hall–Kier alpha value is -3.60. The molecule has 0 bridgehead atoms. The summed E-state index contributed by atoms with van der Waals surface area (Å²) in [6.07, 6.45) is 4.32. The number of carbonyl (C=O) groups is 2. The van der Waals surface area contributed by atoms with Crippen LogP contribution in [0.15, 0.2) is 91.6 Å². The number of amides is 2. The van der Waals surface area contributed by atoms with Crippen molar-refractivity contribution in [3.8, 4) is 0 Å². The van der Waals surface area contributed by atoms with E-state index in [4.69, 9.17) is 0 Å². The molecule has 0 fully saturated rings. The molecule has 1 unspecified atom stereocenters. The van der Waals surface area contributed by atoms with Crippen molar-refractivity contribution in [1.82, 2.24) is 14.4 Å². The van der Waals surface area contributed by atoms with Crippen LogP contribution in [0.4, 0.5) is 0 Å². The van der Waals surface area contributed by atoms with Crippen molar-refractivity contribution in [1.29, 1.82) is 0 Å². The summed E-state index contributed by atoms with van der Waals surface area (Å²) in [6, 6.07) is 23.7. The van der Waals surface area contributed by atoms with E-state index in [0.29, 0.717) is 26.1 Å². The lowest BCUT2D eigenvalue weighted by atomic mass is 9.95. The van der Waals surface area contributed by atoms with Gasteiger partial charge < -0.3 is 14.4 Å². The fraction of sp³-hybridized carbons (Fsp3) is 0.286. The van der Waals surface area contributed by atoms with Gasteiger partial charge in [-0.2, -0.15) is 0 Å². The molecule has 0 N–H and O–H groups in total. The molecular weight excluding hydrogens is 410 g/mol. The molecule has 0 aliphatic rings. The van der Waals surface area contributed by atoms with Crippen molar-refractivity contribution < 1.29 is 9.59 Å². The van der Waals surface area contributed by atoms with Gasteiger partial charge in [0.2, 0.25) is 11.8 Å². The van der Waals surface area contributed by atoms with Crippen LogP contribution in [-0.2, 0) is 29.7 Å². The first-order chi connectivity index (χ1) is 16.0. The molecule has 1 heterocycles. The third-order valence-electron chi connectivity index (χ3n) is 5.87. The maximum absolute atomic E-state index is 13.5. The van der Waals surface area contributed by atoms with Gasteiger partial charge in [-0.1, -0.05) is 73.7 Å². The largest absolute Gasteiger partial charge is 0.353 e. The third kappa shape index (κ3) is 6.45. The van der Waals surface area contributed by atoms with Crippen LogP contribution in [0, 0.1) is 0 Å². The molecule has 0 saturated carbocycles. The van der Waals surface area contributed by atoms with E-state index in [9.17, 15) is 9.59 Å². The first-order valence-electron chi connectivity index (χ1n) is 11.4. The molecule has 172 valence electrons. The van der Waals surface area contributed by atoms with Crippen molar-refractivity contribution in [3.63, 3.8) is 0 Å². The van der Waals surface area contributed by atoms with Crippen molar-refractivity contribution in [2.24, 2.45) is 7.05 Å². The van der Waals surface area contributed by atoms with E-state index in [-0.39, 0.29) is 24.3 Å². The van der Waals surface area contributed by atoms with Gasteiger partial charge in [-0.05, 0) is 29.7 Å². The highest BCUT2D eigenvalue weighted by molar-refractivity contribution is 5.88. The Morgan fingerprint density at radius 1 is 0.939 bits per heavy atom. The summed E-state index contributed by atoms with van der Waals surface area (Å²) in [5.74, 6) is -0.414. The van der Waals surface area contributed by atoms with E-state index >= 15 is 0 Å². The molecule has 5 nitrogen and oxygen atoms in total. The van der Waals surface area contributed by atoms with Crippen molar-refractivity contribution in [3.05, 3.63) is 108 Å². The Labute approximate surface area is 196 Å². The average Bonchev–Trinajstić information content (AvgIpc) is 3.24. The summed E-state index contributed by atoms with van der Waals surface area (Å²) in [7, 11) is 1.97. The molecule has 2 aromatic carbocycles. The van der Waals surface area contributed by atoms with Crippen LogP contribution in [0.3, 0.4) is 0 Å². The molecule has 0 radical (unpaired) electrons. The number of rotatable bonds is 11. The van der Waals surface area contributed by atoms with Crippen LogP contribution in [0.5, 0.6) is 0 Å². The second-order valence-corrected chi connectivity index (χ2v) is 8.22. The summed E-state index contributed by atoms with van der Waals surface area (Å²) >= 11 is 0. The highest BCUT2D eigenvalue weighted by Crippen LogP contribution is 2.22. The Kier molecular flexibility index (Phi) is 8.64. The second-order valence-electron chi connectivity index (χ2n) is 8.22. The average molecular weight is 444 g/mol. The van der Waals surface area contributed by atoms with Gasteiger partial charge in [-0.25, -0.2) is 0 Å². The Morgan fingerprint density at radius 3 is 2.18 bits per heavy atom. The smallest absolute Gasteiger partial charge is 0.242 e. The van der Waals surface area contributed by atoms with Crippen molar-refractivity contribution in [2.75, 3.05) is 13.1 Å². The first kappa shape index (κ1) is 24.1. The van der Waals surface area contributed by atoms with Crippen molar-refractivity contribution in [2.45, 2.75) is 32.4 Å². The van der Waals surface area contributed by atoms with Gasteiger partial charge in [0.25, 0.3) is 0 Å². The van der Waals surface area contributed by atoms with Gasteiger partial charge in [-0.15, -0.1) is 6.58 Å². The maximum atomic E-state index is 13.5. The lowest BCUT2D eigenvalue weighted by Gasteiger charge is -2.29. The molecule has 3 aromatic rings. The minimum absolute atomic E-state index is 0.0193. The lowest BCUT2D eigenvalue weighted by Crippen LogP contribution is -2.44. The van der Waals surface area contributed by atoms with Crippen LogP contribution < -0.4 is 0 Å². The molecule has 33 heavy (non-hydrogen) atoms. The fourth-order valence-electron chi connectivity index (χ4n) is 4.00. The molecule has 0 saturated heterocycles. The molecule has 0 aliphatic heterocycles. The van der Waals surface area contributed by atoms with E-state index in [2.05, 4.69) is 6.58 Å². The summed E-state index contributed by atoms with van der Waals surface area (Å²) in [5.41, 5.74) is 3.06. The molecule has 1 atom stereocenters. The van der Waals surface area contributed by atoms with Crippen LogP contribution in [0.2, 0.25) is 0 Å². The molecular formula is C28H33N3O2. The minimum atomic E-state index is -0.283. The Bertz CT molecular complexity index is 1040. The zero-order valence-corrected chi connectivity index (χ0v) is 19.6. The van der Waals surface area contributed by atoms with Crippen LogP contribution in [0.1, 0.15) is 36.1 Å². The highest BCUT2D eigenvalue weighted by Gasteiger charge is 2.27. The van der Waals surface area contributed by atoms with Crippen LogP contribution >= 0.6 is 0 Å². The standard InChI is InChI=1S/C28H33N3O2/c1-4-18-30(28(33)26(5-2)24-15-10-7-11-16-24)22-27(32)31(20-23-13-8-6-9-14-23)21-25-17-12-19-29(25)3/h4,6-17,19,26H,1,5,18,20-22H2,2-3H3. The van der Waals surface area contributed by atoms with E-state index in [1.807, 2.05) is 102 Å². The fourth-order valence-corrected chi connectivity index (χ4v) is 4.00. The molecule has 5 heteroatoms. The Morgan fingerprint density at radius 2 is 1.61 bits per heavy atom. The molecule has 1 aromatic heterocycles.